The molecule has 3 rings (SSSR count). The van der Waals surface area contributed by atoms with Crippen LogP contribution in [0.5, 0.6) is 0 Å². The highest BCUT2D eigenvalue weighted by Crippen LogP contribution is 2.20. The van der Waals surface area contributed by atoms with Gasteiger partial charge in [-0.2, -0.15) is 0 Å². The number of nitrogens with one attached hydrogen (secondary N) is 2. The van der Waals surface area contributed by atoms with Crippen molar-refractivity contribution in [1.82, 2.24) is 10.3 Å². The molecule has 0 bridgehead atoms. The number of rotatable bonds is 5. The molecule has 6 heteroatoms. The predicted molar refractivity (Wildman–Crippen MR) is 106 cm³/mol. The molecule has 5 nitrogen and oxygen atoms in total. The van der Waals surface area contributed by atoms with E-state index in [0.717, 1.165) is 11.3 Å². The van der Waals surface area contributed by atoms with Crippen LogP contribution in [-0.4, -0.2) is 16.8 Å². The Morgan fingerprint density at radius 1 is 0.963 bits per heavy atom. The third-order valence-corrected chi connectivity index (χ3v) is 4.38. The fourth-order valence-electron chi connectivity index (χ4n) is 2.45. The highest BCUT2D eigenvalue weighted by atomic mass is 35.5. The molecule has 1 heterocycles. The summed E-state index contributed by atoms with van der Waals surface area (Å²) in [6, 6.07) is 17.3. The molecule has 0 atom stereocenters. The number of carbonyl (C=O) groups is 2. The zero-order valence-electron chi connectivity index (χ0n) is 14.7. The Morgan fingerprint density at radius 3 is 2.44 bits per heavy atom. The maximum absolute atomic E-state index is 12.5. The quantitative estimate of drug-likeness (QED) is 0.697. The van der Waals surface area contributed by atoms with Crippen molar-refractivity contribution in [3.8, 4) is 0 Å². The summed E-state index contributed by atoms with van der Waals surface area (Å²) in [6.45, 7) is 2.21. The second kappa shape index (κ2) is 8.47. The largest absolute Gasteiger partial charge is 0.346 e. The van der Waals surface area contributed by atoms with Crippen LogP contribution in [0.2, 0.25) is 5.02 Å². The van der Waals surface area contributed by atoms with Crippen molar-refractivity contribution >= 4 is 29.1 Å². The fraction of sp³-hybridized carbons (Fsp3) is 0.0952. The number of halogens is 1. The van der Waals surface area contributed by atoms with Crippen LogP contribution >= 0.6 is 11.6 Å². The molecule has 0 unspecified atom stereocenters. The number of hydrogen-bond acceptors (Lipinski definition) is 3. The highest BCUT2D eigenvalue weighted by molar-refractivity contribution is 6.31. The van der Waals surface area contributed by atoms with Crippen molar-refractivity contribution in [2.45, 2.75) is 13.5 Å². The maximum atomic E-state index is 12.5. The SMILES string of the molecule is Cc1ccc(NC(=O)c2cccc(C(=O)NCc3ccccn3)c2)cc1Cl. The molecule has 3 aromatic rings. The lowest BCUT2D eigenvalue weighted by atomic mass is 10.1. The number of aryl methyl sites for hydroxylation is 1. The first-order valence-corrected chi connectivity index (χ1v) is 8.76. The van der Waals surface area contributed by atoms with Crippen LogP contribution in [-0.2, 0) is 6.54 Å². The van der Waals surface area contributed by atoms with E-state index in [9.17, 15) is 9.59 Å². The van der Waals surface area contributed by atoms with Gasteiger partial charge in [-0.05, 0) is 55.0 Å². The Labute approximate surface area is 162 Å². The van der Waals surface area contributed by atoms with Crippen molar-refractivity contribution < 1.29 is 9.59 Å². The van der Waals surface area contributed by atoms with Crippen LogP contribution in [0.25, 0.3) is 0 Å². The molecule has 2 N–H and O–H groups in total. The minimum absolute atomic E-state index is 0.270. The maximum Gasteiger partial charge on any atom is 0.255 e. The molecule has 0 aliphatic carbocycles. The molecule has 0 saturated heterocycles. The van der Waals surface area contributed by atoms with E-state index in [1.165, 1.54) is 0 Å². The monoisotopic (exact) mass is 379 g/mol. The Balaban J connectivity index is 1.67. The van der Waals surface area contributed by atoms with Gasteiger partial charge < -0.3 is 10.6 Å². The lowest BCUT2D eigenvalue weighted by Gasteiger charge is -2.09. The van der Waals surface area contributed by atoms with E-state index in [-0.39, 0.29) is 11.8 Å². The zero-order valence-corrected chi connectivity index (χ0v) is 15.5. The topological polar surface area (TPSA) is 71.1 Å². The normalized spacial score (nSPS) is 10.3. The van der Waals surface area contributed by atoms with Gasteiger partial charge in [-0.1, -0.05) is 29.8 Å². The number of nitrogens with zero attached hydrogens (tertiary/aromatic N) is 1. The average molecular weight is 380 g/mol. The number of carbonyl (C=O) groups excluding carboxylic acids is 2. The average Bonchev–Trinajstić information content (AvgIpc) is 2.70. The number of pyridine rings is 1. The van der Waals surface area contributed by atoms with Crippen LogP contribution in [0.1, 0.15) is 32.0 Å². The van der Waals surface area contributed by atoms with Crippen molar-refractivity contribution in [3.05, 3.63) is 94.3 Å². The smallest absolute Gasteiger partial charge is 0.255 e. The number of amides is 2. The summed E-state index contributed by atoms with van der Waals surface area (Å²) >= 11 is 6.09. The van der Waals surface area contributed by atoms with Crippen LogP contribution < -0.4 is 10.6 Å². The van der Waals surface area contributed by atoms with Crippen LogP contribution in [0.4, 0.5) is 5.69 Å². The number of anilines is 1. The molecular weight excluding hydrogens is 362 g/mol. The summed E-state index contributed by atoms with van der Waals surface area (Å²) in [6.07, 6.45) is 1.67. The summed E-state index contributed by atoms with van der Waals surface area (Å²) in [5, 5.41) is 6.16. The second-order valence-electron chi connectivity index (χ2n) is 6.00. The molecule has 0 aliphatic rings. The molecule has 1 aromatic heterocycles. The van der Waals surface area contributed by atoms with E-state index in [1.807, 2.05) is 31.2 Å². The van der Waals surface area contributed by atoms with Crippen molar-refractivity contribution in [2.75, 3.05) is 5.32 Å². The number of aromatic nitrogens is 1. The summed E-state index contributed by atoms with van der Waals surface area (Å²) in [4.78, 5) is 29.0. The number of benzene rings is 2. The Morgan fingerprint density at radius 2 is 1.74 bits per heavy atom. The van der Waals surface area contributed by atoms with Gasteiger partial charge in [-0.3, -0.25) is 14.6 Å². The minimum Gasteiger partial charge on any atom is -0.346 e. The van der Waals surface area contributed by atoms with E-state index in [1.54, 1.807) is 42.6 Å². The first-order chi connectivity index (χ1) is 13.0. The third kappa shape index (κ3) is 4.92. The van der Waals surface area contributed by atoms with Crippen molar-refractivity contribution in [2.24, 2.45) is 0 Å². The van der Waals surface area contributed by atoms with E-state index in [4.69, 9.17) is 11.6 Å². The molecule has 136 valence electrons. The Kier molecular flexibility index (Phi) is 5.84. The molecule has 2 aromatic carbocycles. The predicted octanol–water partition coefficient (Wildman–Crippen LogP) is 4.23. The van der Waals surface area contributed by atoms with Gasteiger partial charge in [0, 0.05) is 28.0 Å². The summed E-state index contributed by atoms with van der Waals surface area (Å²) in [7, 11) is 0. The second-order valence-corrected chi connectivity index (χ2v) is 6.41. The Bertz CT molecular complexity index is 974. The molecule has 27 heavy (non-hydrogen) atoms. The lowest BCUT2D eigenvalue weighted by Crippen LogP contribution is -2.23. The van der Waals surface area contributed by atoms with Gasteiger partial charge in [-0.25, -0.2) is 0 Å². The lowest BCUT2D eigenvalue weighted by molar-refractivity contribution is 0.0950. The molecule has 0 aliphatic heterocycles. The minimum atomic E-state index is -0.311. The zero-order chi connectivity index (χ0) is 19.2. The summed E-state index contributed by atoms with van der Waals surface area (Å²) in [5.74, 6) is -0.581. The van der Waals surface area contributed by atoms with Crippen LogP contribution in [0, 0.1) is 6.92 Å². The Hall–Kier alpha value is -3.18. The first kappa shape index (κ1) is 18.6. The fourth-order valence-corrected chi connectivity index (χ4v) is 2.63. The van der Waals surface area contributed by atoms with Gasteiger partial charge in [0.1, 0.15) is 0 Å². The summed E-state index contributed by atoms with van der Waals surface area (Å²) in [5.41, 5.74) is 3.08. The van der Waals surface area contributed by atoms with Gasteiger partial charge >= 0.3 is 0 Å². The van der Waals surface area contributed by atoms with Crippen LogP contribution in [0.15, 0.2) is 66.9 Å². The van der Waals surface area contributed by atoms with Crippen LogP contribution in [0.3, 0.4) is 0 Å². The number of hydrogen-bond donors (Lipinski definition) is 2. The van der Waals surface area contributed by atoms with E-state index < -0.39 is 0 Å². The highest BCUT2D eigenvalue weighted by Gasteiger charge is 2.11. The standard InChI is InChI=1S/C21H18ClN3O2/c1-14-8-9-17(12-19(14)22)25-21(27)16-6-4-5-15(11-16)20(26)24-13-18-7-2-3-10-23-18/h2-12H,13H2,1H3,(H,24,26)(H,25,27). The first-order valence-electron chi connectivity index (χ1n) is 8.38. The van der Waals surface area contributed by atoms with Gasteiger partial charge in [-0.15, -0.1) is 0 Å². The molecule has 2 amide bonds. The molecule has 0 spiro atoms. The third-order valence-electron chi connectivity index (χ3n) is 3.97. The van der Waals surface area contributed by atoms with Gasteiger partial charge in [0.15, 0.2) is 0 Å². The summed E-state index contributed by atoms with van der Waals surface area (Å²) < 4.78 is 0. The van der Waals surface area contributed by atoms with E-state index >= 15 is 0 Å². The molecule has 0 fully saturated rings. The van der Waals surface area contributed by atoms with Crippen molar-refractivity contribution in [1.29, 1.82) is 0 Å². The van der Waals surface area contributed by atoms with E-state index in [0.29, 0.717) is 28.4 Å². The van der Waals surface area contributed by atoms with E-state index in [2.05, 4.69) is 15.6 Å². The van der Waals surface area contributed by atoms with Gasteiger partial charge in [0.05, 0.1) is 12.2 Å². The molecular formula is C21H18ClN3O2. The molecule has 0 radical (unpaired) electrons. The van der Waals surface area contributed by atoms with Gasteiger partial charge in [0.2, 0.25) is 0 Å². The van der Waals surface area contributed by atoms with Crippen molar-refractivity contribution in [3.63, 3.8) is 0 Å². The van der Waals surface area contributed by atoms with Gasteiger partial charge in [0.25, 0.3) is 11.8 Å². The molecule has 0 saturated carbocycles.